The normalized spacial score (nSPS) is 13.0. The van der Waals surface area contributed by atoms with Gasteiger partial charge in [0.05, 0.1) is 11.1 Å². The van der Waals surface area contributed by atoms with E-state index in [1.165, 1.54) is 13.0 Å². The predicted octanol–water partition coefficient (Wildman–Crippen LogP) is 4.24. The van der Waals surface area contributed by atoms with Gasteiger partial charge in [-0.05, 0) is 43.5 Å². The van der Waals surface area contributed by atoms with Crippen molar-refractivity contribution in [1.82, 2.24) is 5.32 Å². The van der Waals surface area contributed by atoms with Crippen molar-refractivity contribution in [2.24, 2.45) is 0 Å². The van der Waals surface area contributed by atoms with E-state index in [0.29, 0.717) is 10.8 Å². The number of carbonyl (C=O) groups excluding carboxylic acids is 2. The molecule has 0 saturated carbocycles. The predicted molar refractivity (Wildman–Crippen MR) is 98.4 cm³/mol. The van der Waals surface area contributed by atoms with E-state index >= 15 is 0 Å². The zero-order chi connectivity index (χ0) is 18.4. The second-order valence-electron chi connectivity index (χ2n) is 5.25. The van der Waals surface area contributed by atoms with Crippen molar-refractivity contribution in [2.45, 2.75) is 26.0 Å². The average Bonchev–Trinajstić information content (AvgIpc) is 3.09. The molecule has 2 rings (SSSR count). The third-order valence-electron chi connectivity index (χ3n) is 3.22. The fourth-order valence-electron chi connectivity index (χ4n) is 1.96. The summed E-state index contributed by atoms with van der Waals surface area (Å²) in [5, 5.41) is 5.44. The van der Waals surface area contributed by atoms with Crippen LogP contribution in [0.25, 0.3) is 0 Å². The molecule has 8 heteroatoms. The number of hydrogen-bond acceptors (Lipinski definition) is 5. The Hall–Kier alpha value is -1.76. The van der Waals surface area contributed by atoms with Crippen molar-refractivity contribution in [3.05, 3.63) is 50.6 Å². The molecule has 1 heterocycles. The van der Waals surface area contributed by atoms with E-state index < -0.39 is 12.1 Å². The Kier molecular flexibility index (Phi) is 7.11. The van der Waals surface area contributed by atoms with Gasteiger partial charge < -0.3 is 14.8 Å². The van der Waals surface area contributed by atoms with Crippen LogP contribution in [0.15, 0.2) is 35.7 Å². The summed E-state index contributed by atoms with van der Waals surface area (Å²) in [7, 11) is 0. The van der Waals surface area contributed by atoms with Crippen molar-refractivity contribution >= 4 is 46.4 Å². The summed E-state index contributed by atoms with van der Waals surface area (Å²) < 4.78 is 10.4. The number of benzene rings is 1. The third kappa shape index (κ3) is 5.92. The zero-order valence-corrected chi connectivity index (χ0v) is 16.0. The number of nitrogens with one attached hydrogen (secondary N) is 1. The van der Waals surface area contributed by atoms with Gasteiger partial charge in [-0.2, -0.15) is 0 Å². The fourth-order valence-corrected chi connectivity index (χ4v) is 3.14. The smallest absolute Gasteiger partial charge is 0.347 e. The minimum atomic E-state index is -0.916. The first-order chi connectivity index (χ1) is 11.9. The molecule has 0 bridgehead atoms. The molecule has 0 aliphatic carbocycles. The molecule has 0 saturated heterocycles. The Balaban J connectivity index is 1.79. The van der Waals surface area contributed by atoms with Gasteiger partial charge in [-0.25, -0.2) is 4.79 Å². The van der Waals surface area contributed by atoms with Crippen LogP contribution in [0.1, 0.15) is 24.8 Å². The van der Waals surface area contributed by atoms with Crippen LogP contribution in [0.5, 0.6) is 5.75 Å². The molecule has 1 aromatic heterocycles. The number of carbonyl (C=O) groups is 2. The Morgan fingerprint density at radius 2 is 2.00 bits per heavy atom. The van der Waals surface area contributed by atoms with Crippen LogP contribution in [0.4, 0.5) is 0 Å². The van der Waals surface area contributed by atoms with Crippen molar-refractivity contribution in [2.75, 3.05) is 6.61 Å². The Morgan fingerprint density at radius 1 is 1.24 bits per heavy atom. The molecule has 0 radical (unpaired) electrons. The molecule has 0 aliphatic rings. The first-order valence-corrected chi connectivity index (χ1v) is 9.11. The third-order valence-corrected chi connectivity index (χ3v) is 4.81. The van der Waals surface area contributed by atoms with Gasteiger partial charge in [0.25, 0.3) is 5.91 Å². The molecule has 1 amide bonds. The van der Waals surface area contributed by atoms with Crippen LogP contribution >= 0.6 is 34.5 Å². The molecular formula is C17H17Cl2NO4S. The average molecular weight is 402 g/mol. The second kappa shape index (κ2) is 9.08. The van der Waals surface area contributed by atoms with Gasteiger partial charge in [-0.1, -0.05) is 29.3 Å². The Labute approximate surface area is 159 Å². The summed E-state index contributed by atoms with van der Waals surface area (Å²) in [5.74, 6) is -0.734. The first-order valence-electron chi connectivity index (χ1n) is 7.48. The first kappa shape index (κ1) is 19.6. The molecule has 0 unspecified atom stereocenters. The molecule has 0 spiro atoms. The van der Waals surface area contributed by atoms with Crippen molar-refractivity contribution < 1.29 is 19.1 Å². The number of ether oxygens (including phenoxy) is 2. The lowest BCUT2D eigenvalue weighted by atomic mass is 10.3. The molecule has 134 valence electrons. The second-order valence-corrected chi connectivity index (χ2v) is 7.07. The van der Waals surface area contributed by atoms with Gasteiger partial charge in [-0.3, -0.25) is 4.79 Å². The van der Waals surface area contributed by atoms with E-state index in [9.17, 15) is 9.59 Å². The molecule has 25 heavy (non-hydrogen) atoms. The fraction of sp³-hybridized carbons (Fsp3) is 0.294. The maximum Gasteiger partial charge on any atom is 0.347 e. The molecule has 0 aliphatic heterocycles. The topological polar surface area (TPSA) is 64.6 Å². The monoisotopic (exact) mass is 401 g/mol. The number of thiophene rings is 1. The highest BCUT2D eigenvalue weighted by Crippen LogP contribution is 2.28. The Morgan fingerprint density at radius 3 is 2.64 bits per heavy atom. The highest BCUT2D eigenvalue weighted by atomic mass is 35.5. The number of rotatable bonds is 7. The minimum absolute atomic E-state index is 0.146. The summed E-state index contributed by atoms with van der Waals surface area (Å²) in [4.78, 5) is 24.8. The highest BCUT2D eigenvalue weighted by molar-refractivity contribution is 7.10. The molecule has 0 fully saturated rings. The van der Waals surface area contributed by atoms with E-state index in [-0.39, 0.29) is 23.6 Å². The van der Waals surface area contributed by atoms with Gasteiger partial charge >= 0.3 is 5.97 Å². The SMILES string of the molecule is C[C@H](NC(=O)COC(=O)[C@@H](C)Oc1ccc(Cl)cc1Cl)c1cccs1. The molecule has 1 aromatic carbocycles. The van der Waals surface area contributed by atoms with E-state index in [4.69, 9.17) is 32.7 Å². The van der Waals surface area contributed by atoms with E-state index in [1.54, 1.807) is 23.5 Å². The van der Waals surface area contributed by atoms with Crippen molar-refractivity contribution in [3.63, 3.8) is 0 Å². The van der Waals surface area contributed by atoms with Crippen LogP contribution in [0.3, 0.4) is 0 Å². The lowest BCUT2D eigenvalue weighted by Gasteiger charge is -2.16. The summed E-state index contributed by atoms with van der Waals surface area (Å²) in [6, 6.07) is 8.35. The lowest BCUT2D eigenvalue weighted by Crippen LogP contribution is -2.34. The Bertz CT molecular complexity index is 736. The molecule has 2 aromatic rings. The van der Waals surface area contributed by atoms with Gasteiger partial charge in [0.1, 0.15) is 5.75 Å². The maximum absolute atomic E-state index is 12.0. The van der Waals surface area contributed by atoms with Gasteiger partial charge in [0.15, 0.2) is 12.7 Å². The van der Waals surface area contributed by atoms with Gasteiger partial charge in [0.2, 0.25) is 0 Å². The van der Waals surface area contributed by atoms with Crippen LogP contribution in [0, 0.1) is 0 Å². The number of hydrogen-bond donors (Lipinski definition) is 1. The van der Waals surface area contributed by atoms with E-state index in [0.717, 1.165) is 4.88 Å². The molecule has 5 nitrogen and oxygen atoms in total. The van der Waals surface area contributed by atoms with Gasteiger partial charge in [0, 0.05) is 9.90 Å². The number of amides is 1. The number of esters is 1. The zero-order valence-electron chi connectivity index (χ0n) is 13.6. The van der Waals surface area contributed by atoms with Gasteiger partial charge in [-0.15, -0.1) is 11.3 Å². The minimum Gasteiger partial charge on any atom is -0.477 e. The van der Waals surface area contributed by atoms with Crippen LogP contribution < -0.4 is 10.1 Å². The quantitative estimate of drug-likeness (QED) is 0.704. The maximum atomic E-state index is 12.0. The largest absolute Gasteiger partial charge is 0.477 e. The standard InChI is InChI=1S/C17H17Cl2NO4S/c1-10(15-4-3-7-25-15)20-16(21)9-23-17(22)11(2)24-14-6-5-12(18)8-13(14)19/h3-8,10-11H,9H2,1-2H3,(H,20,21)/t10-,11+/m0/s1. The number of halogens is 2. The summed E-state index contributed by atoms with van der Waals surface area (Å²) >= 11 is 13.3. The van der Waals surface area contributed by atoms with Crippen LogP contribution in [0.2, 0.25) is 10.0 Å². The summed E-state index contributed by atoms with van der Waals surface area (Å²) in [6.45, 7) is 3.00. The molecule has 2 atom stereocenters. The van der Waals surface area contributed by atoms with Crippen LogP contribution in [-0.4, -0.2) is 24.6 Å². The van der Waals surface area contributed by atoms with Crippen molar-refractivity contribution in [1.29, 1.82) is 0 Å². The molecular weight excluding hydrogens is 385 g/mol. The van der Waals surface area contributed by atoms with Crippen LogP contribution in [-0.2, 0) is 14.3 Å². The van der Waals surface area contributed by atoms with E-state index in [2.05, 4.69) is 5.32 Å². The lowest BCUT2D eigenvalue weighted by molar-refractivity contribution is -0.154. The summed E-state index contributed by atoms with van der Waals surface area (Å²) in [5.41, 5.74) is 0. The highest BCUT2D eigenvalue weighted by Gasteiger charge is 2.20. The molecule has 1 N–H and O–H groups in total. The van der Waals surface area contributed by atoms with E-state index in [1.807, 2.05) is 24.4 Å². The summed E-state index contributed by atoms with van der Waals surface area (Å²) in [6.07, 6.45) is -0.916. The van der Waals surface area contributed by atoms with Crippen molar-refractivity contribution in [3.8, 4) is 5.75 Å².